The summed E-state index contributed by atoms with van der Waals surface area (Å²) in [4.78, 5) is 20.8. The second-order valence-corrected chi connectivity index (χ2v) is 7.51. The van der Waals surface area contributed by atoms with Gasteiger partial charge in [-0.05, 0) is 47.0 Å². The average molecular weight is 395 g/mol. The number of hydrogen-bond acceptors (Lipinski definition) is 5. The van der Waals surface area contributed by atoms with Crippen LogP contribution in [0.3, 0.4) is 0 Å². The maximum absolute atomic E-state index is 4.62. The molecule has 0 amide bonds. The molecule has 0 aliphatic carbocycles. The normalized spacial score (nSPS) is 12.9. The van der Waals surface area contributed by atoms with Crippen LogP contribution in [0.2, 0.25) is 0 Å². The molecule has 1 N–H and O–H groups in total. The third-order valence-electron chi connectivity index (χ3n) is 4.91. The summed E-state index contributed by atoms with van der Waals surface area (Å²) in [5.74, 6) is 0. The lowest BCUT2D eigenvalue weighted by atomic mass is 9.99. The molecule has 1 aliphatic heterocycles. The number of rotatable bonds is 5. The van der Waals surface area contributed by atoms with Crippen LogP contribution in [0.15, 0.2) is 77.6 Å². The van der Waals surface area contributed by atoms with Gasteiger partial charge in [0.15, 0.2) is 5.49 Å². The molecule has 6 heteroatoms. The average Bonchev–Trinajstić information content (AvgIpc) is 3.38. The molecule has 29 heavy (non-hydrogen) atoms. The maximum atomic E-state index is 4.62. The van der Waals surface area contributed by atoms with Gasteiger partial charge in [-0.25, -0.2) is 19.9 Å². The van der Waals surface area contributed by atoms with Crippen molar-refractivity contribution >= 4 is 22.6 Å². The molecule has 4 aromatic rings. The minimum atomic E-state index is 0.758. The van der Waals surface area contributed by atoms with Crippen LogP contribution in [0.5, 0.6) is 0 Å². The van der Waals surface area contributed by atoms with E-state index in [1.165, 1.54) is 11.9 Å². The van der Waals surface area contributed by atoms with Crippen LogP contribution in [0.4, 0.5) is 0 Å². The first-order chi connectivity index (χ1) is 14.2. The number of H-pyrrole nitrogens is 1. The van der Waals surface area contributed by atoms with Crippen LogP contribution in [-0.4, -0.2) is 19.9 Å². The van der Waals surface area contributed by atoms with Crippen LogP contribution in [0.1, 0.15) is 22.5 Å². The van der Waals surface area contributed by atoms with Crippen LogP contribution < -0.4 is 10.7 Å². The second-order valence-electron chi connectivity index (χ2n) is 6.73. The molecule has 0 radical (unpaired) electrons. The minimum Gasteiger partial charge on any atom is -0.357 e. The van der Waals surface area contributed by atoms with E-state index in [0.717, 1.165) is 50.1 Å². The number of aromatic amines is 1. The fourth-order valence-electron chi connectivity index (χ4n) is 3.49. The van der Waals surface area contributed by atoms with E-state index in [1.54, 1.807) is 23.7 Å². The van der Waals surface area contributed by atoms with Crippen molar-refractivity contribution in [2.24, 2.45) is 4.99 Å². The second kappa shape index (κ2) is 7.07. The van der Waals surface area contributed by atoms with Crippen molar-refractivity contribution in [1.82, 2.24) is 19.9 Å². The third-order valence-corrected chi connectivity index (χ3v) is 5.59. The molecule has 0 unspecified atom stereocenters. The highest BCUT2D eigenvalue weighted by Gasteiger charge is 2.18. The van der Waals surface area contributed by atoms with E-state index in [1.807, 2.05) is 18.3 Å². The summed E-state index contributed by atoms with van der Waals surface area (Å²) in [5, 5.41) is 5.27. The van der Waals surface area contributed by atoms with E-state index < -0.39 is 0 Å². The zero-order chi connectivity index (χ0) is 19.8. The number of fused-ring (bicyclic) bond motifs is 1. The van der Waals surface area contributed by atoms with Crippen molar-refractivity contribution in [3.8, 4) is 11.1 Å². The topological polar surface area (TPSA) is 66.8 Å². The zero-order valence-electron chi connectivity index (χ0n) is 15.8. The SMILES string of the molecule is C=C/C=C(/c1ccsc1)c1cc(C2=c3cc(-c4cncnc4)cnc3=N2)[nH]c1C. The van der Waals surface area contributed by atoms with Crippen LogP contribution in [-0.2, 0) is 0 Å². The summed E-state index contributed by atoms with van der Waals surface area (Å²) in [7, 11) is 0. The Balaban J connectivity index is 1.60. The molecule has 5 heterocycles. The Morgan fingerprint density at radius 1 is 1.14 bits per heavy atom. The molecular formula is C23H17N5S. The van der Waals surface area contributed by atoms with Gasteiger partial charge in [-0.15, -0.1) is 0 Å². The molecule has 140 valence electrons. The molecule has 0 saturated heterocycles. The molecule has 5 rings (SSSR count). The Labute approximate surface area is 171 Å². The van der Waals surface area contributed by atoms with E-state index in [2.05, 4.69) is 67.4 Å². The van der Waals surface area contributed by atoms with Gasteiger partial charge in [0, 0.05) is 46.2 Å². The number of aryl methyl sites for hydroxylation is 1. The highest BCUT2D eigenvalue weighted by atomic mass is 32.1. The first kappa shape index (κ1) is 17.5. The van der Waals surface area contributed by atoms with Gasteiger partial charge in [0.2, 0.25) is 0 Å². The van der Waals surface area contributed by atoms with Crippen molar-refractivity contribution in [2.45, 2.75) is 6.92 Å². The molecule has 0 aromatic carbocycles. The van der Waals surface area contributed by atoms with Crippen LogP contribution in [0.25, 0.3) is 22.4 Å². The van der Waals surface area contributed by atoms with Gasteiger partial charge in [-0.1, -0.05) is 18.7 Å². The Morgan fingerprint density at radius 2 is 2.00 bits per heavy atom. The smallest absolute Gasteiger partial charge is 0.162 e. The standard InChI is InChI=1S/C23H17N5S/c1-3-4-18(15-5-6-29-12-15)19-8-21(27-14(19)2)22-20-7-16(11-26-23(20)28-22)17-9-24-13-25-10-17/h3-13,27H,1H2,2H3/b18-4-. The lowest BCUT2D eigenvalue weighted by Gasteiger charge is -2.09. The Kier molecular flexibility index (Phi) is 4.26. The molecule has 0 spiro atoms. The first-order valence-electron chi connectivity index (χ1n) is 9.14. The van der Waals surface area contributed by atoms with Crippen molar-refractivity contribution in [1.29, 1.82) is 0 Å². The third kappa shape index (κ3) is 3.03. The van der Waals surface area contributed by atoms with Gasteiger partial charge < -0.3 is 4.98 Å². The largest absolute Gasteiger partial charge is 0.357 e. The molecule has 0 atom stereocenters. The Morgan fingerprint density at radius 3 is 2.76 bits per heavy atom. The molecular weight excluding hydrogens is 378 g/mol. The summed E-state index contributed by atoms with van der Waals surface area (Å²) in [6.45, 7) is 5.96. The van der Waals surface area contributed by atoms with Gasteiger partial charge in [-0.2, -0.15) is 11.3 Å². The van der Waals surface area contributed by atoms with Crippen molar-refractivity contribution < 1.29 is 0 Å². The number of allylic oxidation sites excluding steroid dienone is 2. The molecule has 0 fully saturated rings. The predicted octanol–water partition coefficient (Wildman–Crippen LogP) is 3.64. The van der Waals surface area contributed by atoms with Crippen molar-refractivity contribution in [3.63, 3.8) is 0 Å². The molecule has 1 aliphatic rings. The minimum absolute atomic E-state index is 0.758. The summed E-state index contributed by atoms with van der Waals surface area (Å²) >= 11 is 1.69. The quantitative estimate of drug-likeness (QED) is 0.525. The van der Waals surface area contributed by atoms with E-state index in [9.17, 15) is 0 Å². The highest BCUT2D eigenvalue weighted by molar-refractivity contribution is 7.08. The number of pyridine rings is 1. The van der Waals surface area contributed by atoms with Gasteiger partial charge in [0.25, 0.3) is 0 Å². The highest BCUT2D eigenvalue weighted by Crippen LogP contribution is 2.30. The zero-order valence-corrected chi connectivity index (χ0v) is 16.6. The fraction of sp³-hybridized carbons (Fsp3) is 0.0435. The fourth-order valence-corrected chi connectivity index (χ4v) is 4.14. The van der Waals surface area contributed by atoms with Crippen LogP contribution in [0, 0.1) is 6.92 Å². The lowest BCUT2D eigenvalue weighted by molar-refractivity contribution is 1.04. The number of aromatic nitrogens is 4. The molecule has 0 bridgehead atoms. The van der Waals surface area contributed by atoms with Crippen molar-refractivity contribution in [3.05, 3.63) is 106 Å². The Hall–Kier alpha value is -3.64. The molecule has 4 aromatic heterocycles. The molecule has 5 nitrogen and oxygen atoms in total. The monoisotopic (exact) mass is 395 g/mol. The summed E-state index contributed by atoms with van der Waals surface area (Å²) in [6, 6.07) is 6.38. The first-order valence-corrected chi connectivity index (χ1v) is 10.1. The summed E-state index contributed by atoms with van der Waals surface area (Å²) in [5.41, 5.74) is 9.15. The van der Waals surface area contributed by atoms with Crippen LogP contribution >= 0.6 is 11.3 Å². The van der Waals surface area contributed by atoms with E-state index in [-0.39, 0.29) is 0 Å². The molecule has 0 saturated carbocycles. The number of nitrogens with zero attached hydrogens (tertiary/aromatic N) is 4. The van der Waals surface area contributed by atoms with Gasteiger partial charge in [-0.3, -0.25) is 0 Å². The van der Waals surface area contributed by atoms with E-state index >= 15 is 0 Å². The number of hydrogen-bond donors (Lipinski definition) is 1. The summed E-state index contributed by atoms with van der Waals surface area (Å²) in [6.07, 6.45) is 10.8. The van der Waals surface area contributed by atoms with Gasteiger partial charge in [0.05, 0.1) is 5.69 Å². The number of thiophene rings is 1. The number of nitrogens with one attached hydrogen (secondary N) is 1. The van der Waals surface area contributed by atoms with E-state index in [4.69, 9.17) is 0 Å². The van der Waals surface area contributed by atoms with Crippen molar-refractivity contribution in [2.75, 3.05) is 0 Å². The Bertz CT molecular complexity index is 1360. The lowest BCUT2D eigenvalue weighted by Crippen LogP contribution is -2.38. The van der Waals surface area contributed by atoms with E-state index in [0.29, 0.717) is 0 Å². The predicted molar refractivity (Wildman–Crippen MR) is 116 cm³/mol. The maximum Gasteiger partial charge on any atom is 0.162 e. The van der Waals surface area contributed by atoms with Gasteiger partial charge in [0.1, 0.15) is 12.0 Å². The summed E-state index contributed by atoms with van der Waals surface area (Å²) < 4.78 is 0. The van der Waals surface area contributed by atoms with Gasteiger partial charge >= 0.3 is 0 Å².